The lowest BCUT2D eigenvalue weighted by Crippen LogP contribution is -2.15. The van der Waals surface area contributed by atoms with Crippen LogP contribution < -0.4 is 17.0 Å². The van der Waals surface area contributed by atoms with E-state index in [-0.39, 0.29) is 0 Å². The molecule has 0 amide bonds. The van der Waals surface area contributed by atoms with E-state index in [1.807, 2.05) is 0 Å². The summed E-state index contributed by atoms with van der Waals surface area (Å²) in [6.45, 7) is 0. The van der Waals surface area contributed by atoms with Crippen LogP contribution in [-0.2, 0) is 7.05 Å². The predicted molar refractivity (Wildman–Crippen MR) is 54.0 cm³/mol. The molecule has 0 bridgehead atoms. The van der Waals surface area contributed by atoms with Crippen LogP contribution >= 0.6 is 21.6 Å². The van der Waals surface area contributed by atoms with Crippen molar-refractivity contribution in [3.05, 3.63) is 17.4 Å². The highest BCUT2D eigenvalue weighted by Crippen LogP contribution is 2.32. The Morgan fingerprint density at radius 1 is 1.77 bits per heavy atom. The molecule has 72 valence electrons. The zero-order valence-electron chi connectivity index (χ0n) is 6.97. The molecule has 6 nitrogen and oxygen atoms in total. The van der Waals surface area contributed by atoms with Crippen molar-refractivity contribution in [1.29, 1.82) is 0 Å². The van der Waals surface area contributed by atoms with Gasteiger partial charge in [-0.25, -0.2) is 0 Å². The Kier molecular flexibility index (Phi) is 3.93. The first-order chi connectivity index (χ1) is 6.22. The maximum atomic E-state index is 5.54. The summed E-state index contributed by atoms with van der Waals surface area (Å²) in [4.78, 5) is 1.49. The van der Waals surface area contributed by atoms with Crippen molar-refractivity contribution in [3.63, 3.8) is 0 Å². The molecule has 1 aromatic rings. The summed E-state index contributed by atoms with van der Waals surface area (Å²) in [5.74, 6) is 5.04. The molecular formula is C5H10N6S2. The zero-order valence-corrected chi connectivity index (χ0v) is 8.60. The lowest BCUT2D eigenvalue weighted by Gasteiger charge is -1.96. The molecule has 0 radical (unpaired) electrons. The van der Waals surface area contributed by atoms with Gasteiger partial charge in [0.05, 0.1) is 11.2 Å². The van der Waals surface area contributed by atoms with E-state index in [0.717, 1.165) is 5.03 Å². The minimum Gasteiger partial charge on any atom is -0.392 e. The van der Waals surface area contributed by atoms with Gasteiger partial charge < -0.3 is 11.2 Å². The fourth-order valence-corrected chi connectivity index (χ4v) is 2.02. The average molecular weight is 218 g/mol. The quantitative estimate of drug-likeness (QED) is 0.365. The number of hydrogen-bond acceptors (Lipinski definition) is 7. The van der Waals surface area contributed by atoms with Crippen LogP contribution in [0.25, 0.3) is 0 Å². The van der Waals surface area contributed by atoms with Crippen molar-refractivity contribution in [2.75, 3.05) is 0 Å². The van der Waals surface area contributed by atoms with Gasteiger partial charge in [0, 0.05) is 13.2 Å². The first-order valence-corrected chi connectivity index (χ1v) is 5.50. The lowest BCUT2D eigenvalue weighted by atomic mass is 10.9. The van der Waals surface area contributed by atoms with Gasteiger partial charge in [-0.3, -0.25) is 5.84 Å². The van der Waals surface area contributed by atoms with E-state index in [1.165, 1.54) is 32.6 Å². The van der Waals surface area contributed by atoms with Crippen molar-refractivity contribution >= 4 is 21.6 Å². The number of nitrogens with zero attached hydrogens (tertiary/aromatic N) is 3. The third-order valence-corrected chi connectivity index (χ3v) is 3.12. The Bertz CT molecular complexity index is 295. The van der Waals surface area contributed by atoms with Gasteiger partial charge in [0.2, 0.25) is 0 Å². The molecule has 0 fully saturated rings. The third-order valence-electron chi connectivity index (χ3n) is 1.03. The molecule has 5 N–H and O–H groups in total. The van der Waals surface area contributed by atoms with Gasteiger partial charge in [0.15, 0.2) is 0 Å². The topological polar surface area (TPSA) is 94.8 Å². The second-order valence-electron chi connectivity index (χ2n) is 2.05. The van der Waals surface area contributed by atoms with Crippen LogP contribution in [0.15, 0.2) is 22.5 Å². The van der Waals surface area contributed by atoms with E-state index < -0.39 is 0 Å². The van der Waals surface area contributed by atoms with Crippen molar-refractivity contribution < 1.29 is 0 Å². The van der Waals surface area contributed by atoms with E-state index in [0.29, 0.717) is 5.03 Å². The van der Waals surface area contributed by atoms with Gasteiger partial charge in [-0.2, -0.15) is 9.90 Å². The van der Waals surface area contributed by atoms with E-state index >= 15 is 0 Å². The summed E-state index contributed by atoms with van der Waals surface area (Å²) in [7, 11) is 4.55. The van der Waals surface area contributed by atoms with Crippen molar-refractivity contribution in [2.24, 2.45) is 18.6 Å². The first-order valence-electron chi connectivity index (χ1n) is 3.35. The minimum absolute atomic E-state index is 0.582. The fraction of sp³-hybridized carbons (Fsp3) is 0.200. The van der Waals surface area contributed by atoms with Crippen LogP contribution in [0.2, 0.25) is 0 Å². The molecule has 8 heteroatoms. The van der Waals surface area contributed by atoms with Gasteiger partial charge >= 0.3 is 0 Å². The Morgan fingerprint density at radius 3 is 3.08 bits per heavy atom. The van der Waals surface area contributed by atoms with Crippen LogP contribution in [-0.4, -0.2) is 15.0 Å². The van der Waals surface area contributed by atoms with Crippen LogP contribution in [0.1, 0.15) is 0 Å². The monoisotopic (exact) mass is 218 g/mol. The van der Waals surface area contributed by atoms with Gasteiger partial charge in [0.25, 0.3) is 0 Å². The molecular weight excluding hydrogens is 208 g/mol. The molecule has 1 rings (SSSR count). The summed E-state index contributed by atoms with van der Waals surface area (Å²) < 4.78 is 0. The highest BCUT2D eigenvalue weighted by atomic mass is 33.1. The van der Waals surface area contributed by atoms with Gasteiger partial charge in [-0.1, -0.05) is 0 Å². The van der Waals surface area contributed by atoms with Crippen molar-refractivity contribution in [2.45, 2.75) is 5.03 Å². The second-order valence-corrected chi connectivity index (χ2v) is 4.28. The van der Waals surface area contributed by atoms with Crippen molar-refractivity contribution in [1.82, 2.24) is 20.4 Å². The molecule has 0 aliphatic rings. The summed E-state index contributed by atoms with van der Waals surface area (Å²) in [6.07, 6.45) is 3.18. The van der Waals surface area contributed by atoms with Crippen LogP contribution in [0.3, 0.4) is 0 Å². The zero-order chi connectivity index (χ0) is 9.68. The number of hydrazine groups is 1. The summed E-state index contributed by atoms with van der Waals surface area (Å²) in [5, 5.41) is 9.36. The highest BCUT2D eigenvalue weighted by molar-refractivity contribution is 8.78. The number of aromatic nitrogens is 3. The third kappa shape index (κ3) is 3.57. The maximum absolute atomic E-state index is 5.54. The average Bonchev–Trinajstić information content (AvgIpc) is 2.49. The highest BCUT2D eigenvalue weighted by Gasteiger charge is 2.00. The fourth-order valence-electron chi connectivity index (χ4n) is 0.562. The number of rotatable bonds is 4. The lowest BCUT2D eigenvalue weighted by molar-refractivity contribution is 0.641. The van der Waals surface area contributed by atoms with Gasteiger partial charge in [0.1, 0.15) is 5.03 Å². The number of aryl methyl sites for hydroxylation is 1. The molecule has 0 unspecified atom stereocenters. The molecule has 0 aliphatic heterocycles. The molecule has 0 aromatic carbocycles. The minimum atomic E-state index is 0.582. The van der Waals surface area contributed by atoms with Gasteiger partial charge in [-0.15, -0.1) is 5.10 Å². The normalized spacial score (nSPS) is 11.7. The molecule has 0 aliphatic carbocycles. The summed E-state index contributed by atoms with van der Waals surface area (Å²) in [6, 6.07) is 0. The Hall–Kier alpha value is -0.860. The van der Waals surface area contributed by atoms with E-state index in [2.05, 4.69) is 15.6 Å². The Labute approximate surface area is 83.5 Å². The van der Waals surface area contributed by atoms with E-state index in [4.69, 9.17) is 11.6 Å². The Morgan fingerprint density at radius 2 is 2.54 bits per heavy atom. The van der Waals surface area contributed by atoms with Crippen LogP contribution in [0.5, 0.6) is 0 Å². The summed E-state index contributed by atoms with van der Waals surface area (Å²) in [5.41, 5.74) is 7.89. The van der Waals surface area contributed by atoms with Crippen LogP contribution in [0, 0.1) is 0 Å². The van der Waals surface area contributed by atoms with Gasteiger partial charge in [-0.05, 0) is 21.6 Å². The van der Waals surface area contributed by atoms with Crippen molar-refractivity contribution in [3.8, 4) is 0 Å². The molecule has 0 atom stereocenters. The molecule has 0 saturated carbocycles. The van der Waals surface area contributed by atoms with Crippen LogP contribution in [0.4, 0.5) is 0 Å². The second kappa shape index (κ2) is 5.00. The largest absolute Gasteiger partial charge is 0.392 e. The molecule has 0 spiro atoms. The first kappa shape index (κ1) is 10.2. The van der Waals surface area contributed by atoms with E-state index in [9.17, 15) is 0 Å². The molecule has 13 heavy (non-hydrogen) atoms. The maximum Gasteiger partial charge on any atom is 0.149 e. The molecule has 1 heterocycles. The molecule has 0 saturated heterocycles. The molecule has 1 aromatic heterocycles. The SMILES string of the molecule is Cn1ncc(SS/C(N)=C/NN)n1. The predicted octanol–water partition coefficient (Wildman–Crippen LogP) is -0.224. The summed E-state index contributed by atoms with van der Waals surface area (Å²) >= 11 is 0. The Balaban J connectivity index is 2.39. The number of nitrogens with one attached hydrogen (secondary N) is 1. The number of nitrogens with two attached hydrogens (primary N) is 2. The smallest absolute Gasteiger partial charge is 0.149 e. The standard InChI is InChI=1S/C5H10N6S2/c1-11-9-3-5(10-11)13-12-4(6)2-8-7/h2-3,8H,6-7H2,1H3/b4-2+. The van der Waals surface area contributed by atoms with E-state index in [1.54, 1.807) is 13.2 Å². The number of hydrogen-bond donors (Lipinski definition) is 3.